The summed E-state index contributed by atoms with van der Waals surface area (Å²) in [6.45, 7) is 4.56. The number of aliphatic hydroxyl groups is 3. The molecule has 166 valence electrons. The first-order valence-electron chi connectivity index (χ1n) is 10.9. The Morgan fingerprint density at radius 3 is 2.70 bits per heavy atom. The number of nitrogens with one attached hydrogen (secondary N) is 1. The van der Waals surface area contributed by atoms with Crippen LogP contribution >= 0.6 is 0 Å². The van der Waals surface area contributed by atoms with E-state index in [0.29, 0.717) is 30.9 Å². The van der Waals surface area contributed by atoms with Crippen LogP contribution in [0.5, 0.6) is 11.5 Å². The standard InChI is InChI=1S/C23H33NO6/c1-22-8-7-20(27)23(2,12-25)19(22)6-4-16(26)15(22)10-21(28)24-11-14-3-5-17-18(9-14)30-13-29-17/h3,5,9,15-16,19-20,25-27H,4,6-8,10-13H2,1-2H3,(H,24,28)/t15-,16-,19+,20-,22+,23+/m1/s1. The van der Waals surface area contributed by atoms with Crippen molar-refractivity contribution in [2.75, 3.05) is 13.4 Å². The molecule has 1 aromatic rings. The molecule has 1 amide bonds. The molecule has 6 atom stereocenters. The number of fused-ring (bicyclic) bond motifs is 2. The number of aliphatic hydroxyl groups excluding tert-OH is 3. The molecular formula is C23H33NO6. The SMILES string of the molecule is C[C@]1(CO)[C@H]2CC[C@@H](O)[C@@H](CC(=O)NCc3ccc4c(c3)OCO4)[C@]2(C)CC[C@H]1O. The molecule has 0 saturated heterocycles. The van der Waals surface area contributed by atoms with Crippen molar-refractivity contribution >= 4 is 5.91 Å². The van der Waals surface area contributed by atoms with Gasteiger partial charge in [-0.2, -0.15) is 0 Å². The van der Waals surface area contributed by atoms with Crippen LogP contribution in [0, 0.1) is 22.7 Å². The van der Waals surface area contributed by atoms with E-state index >= 15 is 0 Å². The number of hydrogen-bond donors (Lipinski definition) is 4. The quantitative estimate of drug-likeness (QED) is 0.581. The van der Waals surface area contributed by atoms with Crippen LogP contribution in [0.25, 0.3) is 0 Å². The van der Waals surface area contributed by atoms with E-state index in [1.807, 2.05) is 25.1 Å². The van der Waals surface area contributed by atoms with E-state index in [0.717, 1.165) is 18.4 Å². The molecule has 0 bridgehead atoms. The van der Waals surface area contributed by atoms with Gasteiger partial charge in [0.1, 0.15) is 0 Å². The Morgan fingerprint density at radius 1 is 1.17 bits per heavy atom. The fourth-order valence-corrected chi connectivity index (χ4v) is 6.13. The van der Waals surface area contributed by atoms with Gasteiger partial charge in [0.05, 0.1) is 18.8 Å². The molecule has 30 heavy (non-hydrogen) atoms. The van der Waals surface area contributed by atoms with E-state index in [-0.39, 0.29) is 43.0 Å². The summed E-state index contributed by atoms with van der Waals surface area (Å²) < 4.78 is 10.7. The van der Waals surface area contributed by atoms with Crippen molar-refractivity contribution < 1.29 is 29.6 Å². The summed E-state index contributed by atoms with van der Waals surface area (Å²) in [5.74, 6) is 1.15. The predicted octanol–water partition coefficient (Wildman–Crippen LogP) is 1.97. The van der Waals surface area contributed by atoms with Gasteiger partial charge < -0.3 is 30.1 Å². The first-order chi connectivity index (χ1) is 14.3. The second-order valence-electron chi connectivity index (χ2n) is 9.70. The second kappa shape index (κ2) is 8.02. The van der Waals surface area contributed by atoms with Gasteiger partial charge >= 0.3 is 0 Å². The maximum Gasteiger partial charge on any atom is 0.231 e. The van der Waals surface area contributed by atoms with E-state index in [2.05, 4.69) is 12.2 Å². The predicted molar refractivity (Wildman–Crippen MR) is 110 cm³/mol. The van der Waals surface area contributed by atoms with E-state index in [9.17, 15) is 20.1 Å². The molecule has 0 aromatic heterocycles. The van der Waals surface area contributed by atoms with Crippen molar-refractivity contribution in [1.29, 1.82) is 0 Å². The summed E-state index contributed by atoms with van der Waals surface area (Å²) in [6, 6.07) is 5.60. The van der Waals surface area contributed by atoms with Gasteiger partial charge in [0.2, 0.25) is 12.7 Å². The summed E-state index contributed by atoms with van der Waals surface area (Å²) in [7, 11) is 0. The number of hydrogen-bond acceptors (Lipinski definition) is 6. The van der Waals surface area contributed by atoms with E-state index < -0.39 is 17.6 Å². The van der Waals surface area contributed by atoms with Gasteiger partial charge in [0.15, 0.2) is 11.5 Å². The molecule has 0 radical (unpaired) electrons. The third kappa shape index (κ3) is 3.57. The minimum absolute atomic E-state index is 0.0637. The molecular weight excluding hydrogens is 386 g/mol. The molecule has 1 heterocycles. The molecule has 1 aliphatic heterocycles. The van der Waals surface area contributed by atoms with Crippen molar-refractivity contribution in [3.8, 4) is 11.5 Å². The molecule has 2 fully saturated rings. The molecule has 2 saturated carbocycles. The highest BCUT2D eigenvalue weighted by Gasteiger charge is 2.58. The average molecular weight is 420 g/mol. The molecule has 0 spiro atoms. The number of carbonyl (C=O) groups is 1. The molecule has 0 unspecified atom stereocenters. The Hall–Kier alpha value is -1.83. The third-order valence-electron chi connectivity index (χ3n) is 8.05. The lowest BCUT2D eigenvalue weighted by Crippen LogP contribution is -2.60. The van der Waals surface area contributed by atoms with Gasteiger partial charge in [-0.1, -0.05) is 19.9 Å². The van der Waals surface area contributed by atoms with Gasteiger partial charge in [0, 0.05) is 18.4 Å². The highest BCUT2D eigenvalue weighted by atomic mass is 16.7. The van der Waals surface area contributed by atoms with Crippen LogP contribution in [0.4, 0.5) is 0 Å². The van der Waals surface area contributed by atoms with Gasteiger partial charge in [-0.3, -0.25) is 4.79 Å². The van der Waals surface area contributed by atoms with Gasteiger partial charge in [0.25, 0.3) is 0 Å². The number of carbonyl (C=O) groups excluding carboxylic acids is 1. The van der Waals surface area contributed by atoms with Crippen molar-refractivity contribution in [3.05, 3.63) is 23.8 Å². The molecule has 1 aromatic carbocycles. The Balaban J connectivity index is 1.44. The van der Waals surface area contributed by atoms with Crippen molar-refractivity contribution in [2.45, 2.75) is 64.7 Å². The number of ether oxygens (including phenoxy) is 2. The van der Waals surface area contributed by atoms with E-state index in [1.165, 1.54) is 0 Å². The highest BCUT2D eigenvalue weighted by molar-refractivity contribution is 5.76. The van der Waals surface area contributed by atoms with Crippen molar-refractivity contribution in [1.82, 2.24) is 5.32 Å². The fraction of sp³-hybridized carbons (Fsp3) is 0.696. The Bertz CT molecular complexity index is 800. The molecule has 4 rings (SSSR count). The smallest absolute Gasteiger partial charge is 0.231 e. The van der Waals surface area contributed by atoms with Crippen LogP contribution in [0.2, 0.25) is 0 Å². The Kier molecular flexibility index (Phi) is 5.72. The van der Waals surface area contributed by atoms with E-state index in [1.54, 1.807) is 0 Å². The van der Waals surface area contributed by atoms with Crippen LogP contribution in [0.1, 0.15) is 51.5 Å². The van der Waals surface area contributed by atoms with Gasteiger partial charge in [-0.05, 0) is 60.6 Å². The minimum atomic E-state index is -0.603. The third-order valence-corrected chi connectivity index (χ3v) is 8.05. The zero-order valence-electron chi connectivity index (χ0n) is 17.8. The minimum Gasteiger partial charge on any atom is -0.454 e. The largest absolute Gasteiger partial charge is 0.454 e. The number of rotatable bonds is 5. The second-order valence-corrected chi connectivity index (χ2v) is 9.70. The first-order valence-corrected chi connectivity index (χ1v) is 10.9. The summed E-state index contributed by atoms with van der Waals surface area (Å²) in [5.41, 5.74) is 0.0215. The van der Waals surface area contributed by atoms with Crippen LogP contribution in [0.15, 0.2) is 18.2 Å². The molecule has 3 aliphatic rings. The summed E-state index contributed by atoms with van der Waals surface area (Å²) in [5, 5.41) is 34.4. The van der Waals surface area contributed by atoms with Crippen LogP contribution < -0.4 is 14.8 Å². The lowest BCUT2D eigenvalue weighted by molar-refractivity contribution is -0.185. The van der Waals surface area contributed by atoms with Gasteiger partial charge in [-0.15, -0.1) is 0 Å². The molecule has 2 aliphatic carbocycles. The van der Waals surface area contributed by atoms with Crippen LogP contribution in [0.3, 0.4) is 0 Å². The number of amides is 1. The van der Waals surface area contributed by atoms with Crippen molar-refractivity contribution in [3.63, 3.8) is 0 Å². The summed E-state index contributed by atoms with van der Waals surface area (Å²) in [4.78, 5) is 12.8. The Labute approximate surface area is 177 Å². The zero-order valence-corrected chi connectivity index (χ0v) is 17.8. The first kappa shape index (κ1) is 21.4. The highest BCUT2D eigenvalue weighted by Crippen LogP contribution is 2.60. The number of benzene rings is 1. The van der Waals surface area contributed by atoms with Gasteiger partial charge in [-0.25, -0.2) is 0 Å². The molecule has 7 heteroatoms. The van der Waals surface area contributed by atoms with Crippen LogP contribution in [-0.2, 0) is 11.3 Å². The lowest BCUT2D eigenvalue weighted by Gasteiger charge is -2.60. The monoisotopic (exact) mass is 419 g/mol. The summed E-state index contributed by atoms with van der Waals surface area (Å²) >= 11 is 0. The zero-order chi connectivity index (χ0) is 21.5. The topological polar surface area (TPSA) is 108 Å². The maximum atomic E-state index is 12.8. The molecule has 7 nitrogen and oxygen atoms in total. The van der Waals surface area contributed by atoms with Crippen LogP contribution in [-0.4, -0.2) is 46.8 Å². The Morgan fingerprint density at radius 2 is 1.93 bits per heavy atom. The maximum absolute atomic E-state index is 12.8. The molecule has 4 N–H and O–H groups in total. The summed E-state index contributed by atoms with van der Waals surface area (Å²) in [6.07, 6.45) is 1.77. The van der Waals surface area contributed by atoms with Crippen molar-refractivity contribution in [2.24, 2.45) is 22.7 Å². The normalized spacial score (nSPS) is 37.5. The average Bonchev–Trinajstić information content (AvgIpc) is 3.20. The lowest BCUT2D eigenvalue weighted by atomic mass is 9.46. The fourth-order valence-electron chi connectivity index (χ4n) is 6.13. The van der Waals surface area contributed by atoms with E-state index in [4.69, 9.17) is 9.47 Å².